The number of aliphatic hydroxyl groups is 2. The number of aliphatic imine (C=N–C) groups is 1. The number of aromatic nitrogens is 3. The van der Waals surface area contributed by atoms with Crippen molar-refractivity contribution < 1.29 is 32.1 Å². The van der Waals surface area contributed by atoms with Crippen LogP contribution in [-0.2, 0) is 19.2 Å². The minimum Gasteiger partial charge on any atom is -0.387 e. The molecule has 0 bridgehead atoms. The van der Waals surface area contributed by atoms with E-state index in [0.29, 0.717) is 16.1 Å². The molecule has 5 N–H and O–H groups in total. The molecule has 2 aromatic rings. The zero-order valence-electron chi connectivity index (χ0n) is 20.8. The number of rotatable bonds is 10. The first-order valence-electron chi connectivity index (χ1n) is 11.9. The lowest BCUT2D eigenvalue weighted by atomic mass is 10.1. The highest BCUT2D eigenvalue weighted by molar-refractivity contribution is 7.87. The molecule has 0 saturated carbocycles. The van der Waals surface area contributed by atoms with Gasteiger partial charge in [0.1, 0.15) is 30.3 Å². The Balaban J connectivity index is 1.48. The number of hydrogen-bond donors (Lipinski definition) is 4. The number of hydrogen-bond acceptors (Lipinski definition) is 11. The molecular formula is C21H33N8O7S+. The van der Waals surface area contributed by atoms with Gasteiger partial charge in [0.2, 0.25) is 0 Å². The average Bonchev–Trinajstić information content (AvgIpc) is 3.43. The van der Waals surface area contributed by atoms with Crippen molar-refractivity contribution >= 4 is 22.5 Å². The normalized spacial score (nSPS) is 25.9. The molecule has 0 aliphatic carbocycles. The third-order valence-electron chi connectivity index (χ3n) is 6.95. The standard InChI is InChI=1S/C21H33N8O7S/c1-4-29(5-2,6-3)28-13-24-20-16(19(28)22)23-12-26(20)21-18(32)17(31)14(36-21)11-35-37(33,34)25-27-10-8-7-9-15(27)30/h7-10,12-14,17-19,21,25,31-32H,4-6,11,22H2,1-3H3/q+1/t14-,17?,18?,19?,21-/m1/s1. The monoisotopic (exact) mass is 541 g/mol. The molecule has 37 heavy (non-hydrogen) atoms. The number of nitrogens with zero attached hydrogens (tertiary/aromatic N) is 6. The minimum absolute atomic E-state index is 0.362. The van der Waals surface area contributed by atoms with Crippen molar-refractivity contribution in [2.45, 2.75) is 51.5 Å². The number of quaternary nitrogens is 1. The Hall–Kier alpha value is -2.86. The van der Waals surface area contributed by atoms with Crippen molar-refractivity contribution in [2.24, 2.45) is 10.7 Å². The van der Waals surface area contributed by atoms with E-state index in [-0.39, 0.29) is 0 Å². The molecule has 2 aromatic heterocycles. The highest BCUT2D eigenvalue weighted by Gasteiger charge is 2.46. The third kappa shape index (κ3) is 5.00. The van der Waals surface area contributed by atoms with Crippen molar-refractivity contribution in [1.29, 1.82) is 0 Å². The van der Waals surface area contributed by atoms with E-state index in [4.69, 9.17) is 14.7 Å². The van der Waals surface area contributed by atoms with Gasteiger partial charge in [-0.3, -0.25) is 9.36 Å². The van der Waals surface area contributed by atoms with Gasteiger partial charge in [-0.05, 0) is 26.8 Å². The van der Waals surface area contributed by atoms with Crippen LogP contribution in [0.25, 0.3) is 0 Å². The first-order valence-corrected chi connectivity index (χ1v) is 13.4. The van der Waals surface area contributed by atoms with Gasteiger partial charge >= 0.3 is 10.3 Å². The Morgan fingerprint density at radius 3 is 2.54 bits per heavy atom. The van der Waals surface area contributed by atoms with E-state index >= 15 is 0 Å². The van der Waals surface area contributed by atoms with Crippen molar-refractivity contribution in [1.82, 2.24) is 19.2 Å². The van der Waals surface area contributed by atoms with Crippen molar-refractivity contribution in [3.05, 3.63) is 46.8 Å². The van der Waals surface area contributed by atoms with Crippen LogP contribution in [0.1, 0.15) is 38.9 Å². The van der Waals surface area contributed by atoms with Crippen LogP contribution in [0.4, 0.5) is 5.82 Å². The summed E-state index contributed by atoms with van der Waals surface area (Å²) < 4.78 is 38.0. The van der Waals surface area contributed by atoms with Crippen LogP contribution < -0.4 is 16.1 Å². The molecule has 0 aromatic carbocycles. The first kappa shape index (κ1) is 27.2. The maximum absolute atomic E-state index is 12.3. The van der Waals surface area contributed by atoms with Gasteiger partial charge in [-0.15, -0.1) is 0 Å². The molecule has 1 fully saturated rings. The summed E-state index contributed by atoms with van der Waals surface area (Å²) in [7, 11) is -4.43. The van der Waals surface area contributed by atoms with Crippen molar-refractivity contribution in [2.75, 3.05) is 31.1 Å². The summed E-state index contributed by atoms with van der Waals surface area (Å²) in [4.78, 5) is 22.6. The Morgan fingerprint density at radius 2 is 1.89 bits per heavy atom. The zero-order chi connectivity index (χ0) is 27.0. The lowest BCUT2D eigenvalue weighted by Gasteiger charge is -2.46. The fraction of sp³-hybridized carbons (Fsp3) is 0.571. The summed E-state index contributed by atoms with van der Waals surface area (Å²) >= 11 is 0. The lowest BCUT2D eigenvalue weighted by Crippen LogP contribution is -2.62. The van der Waals surface area contributed by atoms with Crippen LogP contribution in [0, 0.1) is 0 Å². The smallest absolute Gasteiger partial charge is 0.373 e. The van der Waals surface area contributed by atoms with Gasteiger partial charge < -0.3 is 20.7 Å². The molecule has 0 spiro atoms. The number of nitrogens with one attached hydrogen (secondary N) is 1. The van der Waals surface area contributed by atoms with Crippen LogP contribution in [0.3, 0.4) is 0 Å². The van der Waals surface area contributed by atoms with Crippen molar-refractivity contribution in [3.63, 3.8) is 0 Å². The zero-order valence-corrected chi connectivity index (χ0v) is 21.6. The molecule has 204 valence electrons. The number of ether oxygens (including phenoxy) is 1. The van der Waals surface area contributed by atoms with Crippen LogP contribution in [0.2, 0.25) is 0 Å². The highest BCUT2D eigenvalue weighted by atomic mass is 32.2. The van der Waals surface area contributed by atoms with Gasteiger partial charge in [0, 0.05) is 12.3 Å². The Kier molecular flexibility index (Phi) is 7.70. The number of pyridine rings is 1. The fourth-order valence-corrected chi connectivity index (χ4v) is 5.40. The van der Waals surface area contributed by atoms with E-state index in [1.54, 1.807) is 6.34 Å². The predicted octanol–water partition coefficient (Wildman–Crippen LogP) is -1.11. The SMILES string of the molecule is CC[N+](CC)(CC)N1C=Nc2c(ncn2[C@@H]2O[C@H](COS(=O)(=O)Nn3ccccc3=O)C(O)C2O)C1N. The summed E-state index contributed by atoms with van der Waals surface area (Å²) in [5.41, 5.74) is 6.41. The summed E-state index contributed by atoms with van der Waals surface area (Å²) in [6, 6.07) is 4.08. The van der Waals surface area contributed by atoms with Gasteiger partial charge in [-0.25, -0.2) is 23.4 Å². The molecule has 4 rings (SSSR count). The molecule has 2 aliphatic heterocycles. The van der Waals surface area contributed by atoms with E-state index in [2.05, 4.69) is 30.7 Å². The number of nitrogens with two attached hydrogens (primary N) is 1. The predicted molar refractivity (Wildman–Crippen MR) is 132 cm³/mol. The molecule has 4 heterocycles. The lowest BCUT2D eigenvalue weighted by molar-refractivity contribution is -1.02. The molecule has 1 saturated heterocycles. The molecule has 0 amide bonds. The summed E-state index contributed by atoms with van der Waals surface area (Å²) in [5, 5.41) is 23.1. The molecule has 5 atom stereocenters. The van der Waals surface area contributed by atoms with E-state index in [0.717, 1.165) is 24.3 Å². The quantitative estimate of drug-likeness (QED) is 0.269. The van der Waals surface area contributed by atoms with E-state index in [9.17, 15) is 23.4 Å². The Morgan fingerprint density at radius 1 is 1.19 bits per heavy atom. The molecule has 15 nitrogen and oxygen atoms in total. The summed E-state index contributed by atoms with van der Waals surface area (Å²) in [6.45, 7) is 8.00. The topological polar surface area (TPSA) is 187 Å². The number of aliphatic hydroxyl groups excluding tert-OH is 2. The largest absolute Gasteiger partial charge is 0.387 e. The second kappa shape index (κ2) is 10.5. The van der Waals surface area contributed by atoms with Gasteiger partial charge in [-0.1, -0.05) is 6.07 Å². The first-order chi connectivity index (χ1) is 17.6. The van der Waals surface area contributed by atoms with Crippen LogP contribution in [0.15, 0.2) is 40.5 Å². The number of imidazole rings is 1. The maximum atomic E-state index is 12.3. The van der Waals surface area contributed by atoms with E-state index < -0.39 is 53.2 Å². The number of fused-ring (bicyclic) bond motifs is 1. The maximum Gasteiger partial charge on any atom is 0.373 e. The van der Waals surface area contributed by atoms with Gasteiger partial charge in [0.25, 0.3) is 5.56 Å². The van der Waals surface area contributed by atoms with Crippen molar-refractivity contribution in [3.8, 4) is 0 Å². The van der Waals surface area contributed by atoms with Crippen LogP contribution in [0.5, 0.6) is 0 Å². The van der Waals surface area contributed by atoms with Crippen LogP contribution in [-0.4, -0.2) is 93.4 Å². The summed E-state index contributed by atoms with van der Waals surface area (Å²) in [5.74, 6) is 0.362. The summed E-state index contributed by atoms with van der Waals surface area (Å²) in [6.07, 6.45) is -1.56. The van der Waals surface area contributed by atoms with Gasteiger partial charge in [0.05, 0.1) is 32.6 Å². The fourth-order valence-electron chi connectivity index (χ4n) is 4.64. The van der Waals surface area contributed by atoms with Gasteiger partial charge in [0.15, 0.2) is 18.2 Å². The highest BCUT2D eigenvalue weighted by Crippen LogP contribution is 2.38. The van der Waals surface area contributed by atoms with Crippen LogP contribution >= 0.6 is 0 Å². The third-order valence-corrected chi connectivity index (χ3v) is 7.81. The molecule has 16 heteroatoms. The van der Waals surface area contributed by atoms with E-state index in [1.807, 2.05) is 9.84 Å². The average molecular weight is 542 g/mol. The van der Waals surface area contributed by atoms with Gasteiger partial charge in [-0.2, -0.15) is 18.3 Å². The Labute approximate surface area is 214 Å². The molecular weight excluding hydrogens is 508 g/mol. The molecule has 2 aliphatic rings. The Bertz CT molecular complexity index is 1280. The minimum atomic E-state index is -4.43. The second-order valence-corrected chi connectivity index (χ2v) is 10.1. The second-order valence-electron chi connectivity index (χ2n) is 8.76. The molecule has 0 radical (unpaired) electrons. The van der Waals surface area contributed by atoms with E-state index in [1.165, 1.54) is 35.3 Å². The molecule has 3 unspecified atom stereocenters.